The van der Waals surface area contributed by atoms with E-state index in [1.807, 2.05) is 39.0 Å². The Labute approximate surface area is 110 Å². The van der Waals surface area contributed by atoms with Gasteiger partial charge in [0.2, 0.25) is 5.91 Å². The van der Waals surface area contributed by atoms with Crippen LogP contribution in [0.25, 0.3) is 0 Å². The Bertz CT molecular complexity index is 402. The number of carbonyl (C=O) groups is 1. The number of anilines is 1. The summed E-state index contributed by atoms with van der Waals surface area (Å²) in [6.07, 6.45) is 0. The third-order valence-corrected chi connectivity index (χ3v) is 3.30. The number of hydrogen-bond acceptors (Lipinski definition) is 2. The lowest BCUT2D eigenvalue weighted by Gasteiger charge is -2.23. The molecule has 0 bridgehead atoms. The molecule has 0 aliphatic carbocycles. The highest BCUT2D eigenvalue weighted by Gasteiger charge is 2.25. The summed E-state index contributed by atoms with van der Waals surface area (Å²) in [4.78, 5) is 11.9. The number of likely N-dealkylation sites (N-methyl/N-ethyl adjacent to an activating group) is 1. The normalized spacial score (nSPS) is 11.3. The van der Waals surface area contributed by atoms with E-state index in [1.54, 1.807) is 7.05 Å². The van der Waals surface area contributed by atoms with E-state index in [1.165, 1.54) is 3.57 Å². The number of amides is 1. The van der Waals surface area contributed by atoms with Crippen molar-refractivity contribution in [2.24, 2.45) is 0 Å². The van der Waals surface area contributed by atoms with Crippen molar-refractivity contribution in [3.05, 3.63) is 27.3 Å². The van der Waals surface area contributed by atoms with Gasteiger partial charge in [0.15, 0.2) is 0 Å². The van der Waals surface area contributed by atoms with Gasteiger partial charge < -0.3 is 10.6 Å². The minimum absolute atomic E-state index is 0.0284. The Kier molecular flexibility index (Phi) is 4.32. The summed E-state index contributed by atoms with van der Waals surface area (Å²) >= 11 is 2.25. The first-order valence-electron chi connectivity index (χ1n) is 5.13. The Hall–Kier alpha value is -0.620. The van der Waals surface area contributed by atoms with Crippen molar-refractivity contribution < 1.29 is 4.79 Å². The van der Waals surface area contributed by atoms with E-state index in [2.05, 4.69) is 33.2 Å². The molecule has 0 fully saturated rings. The molecule has 1 amide bonds. The molecule has 0 unspecified atom stereocenters. The largest absolute Gasteiger partial charge is 0.324 e. The average Bonchev–Trinajstić information content (AvgIpc) is 2.22. The van der Waals surface area contributed by atoms with Crippen molar-refractivity contribution in [2.45, 2.75) is 26.3 Å². The molecule has 1 rings (SSSR count). The summed E-state index contributed by atoms with van der Waals surface area (Å²) in [5.41, 5.74) is 1.39. The molecule has 0 heterocycles. The highest BCUT2D eigenvalue weighted by atomic mass is 127. The van der Waals surface area contributed by atoms with Crippen LogP contribution >= 0.6 is 22.6 Å². The Morgan fingerprint density at radius 3 is 2.50 bits per heavy atom. The molecule has 88 valence electrons. The molecule has 0 aromatic heterocycles. The smallest absolute Gasteiger partial charge is 0.244 e. The van der Waals surface area contributed by atoms with Crippen molar-refractivity contribution in [1.29, 1.82) is 0 Å². The quantitative estimate of drug-likeness (QED) is 0.836. The summed E-state index contributed by atoms with van der Waals surface area (Å²) < 4.78 is 1.17. The second kappa shape index (κ2) is 5.14. The molecule has 1 aromatic carbocycles. The number of carbonyl (C=O) groups excluding carboxylic acids is 1. The topological polar surface area (TPSA) is 41.1 Å². The highest BCUT2D eigenvalue weighted by Crippen LogP contribution is 2.18. The summed E-state index contributed by atoms with van der Waals surface area (Å²) in [5, 5.41) is 5.90. The molecular weight excluding hydrogens is 315 g/mol. The second-order valence-corrected chi connectivity index (χ2v) is 5.53. The Balaban J connectivity index is 2.85. The molecular formula is C12H17IN2O. The van der Waals surface area contributed by atoms with Crippen molar-refractivity contribution in [1.82, 2.24) is 5.32 Å². The first-order chi connectivity index (χ1) is 7.36. The third-order valence-electron chi connectivity index (χ3n) is 2.63. The van der Waals surface area contributed by atoms with Gasteiger partial charge in [-0.3, -0.25) is 4.79 Å². The van der Waals surface area contributed by atoms with E-state index in [0.717, 1.165) is 11.3 Å². The number of rotatable bonds is 3. The van der Waals surface area contributed by atoms with Crippen LogP contribution in [-0.4, -0.2) is 18.5 Å². The number of hydrogen-bond donors (Lipinski definition) is 2. The van der Waals surface area contributed by atoms with Crippen LogP contribution in [0.2, 0.25) is 0 Å². The van der Waals surface area contributed by atoms with Crippen LogP contribution in [0.4, 0.5) is 5.69 Å². The van der Waals surface area contributed by atoms with E-state index in [0.29, 0.717) is 0 Å². The van der Waals surface area contributed by atoms with Crippen molar-refractivity contribution in [2.75, 3.05) is 12.4 Å². The Morgan fingerprint density at radius 2 is 2.00 bits per heavy atom. The standard InChI is InChI=1S/C12H17IN2O/c1-8-7-9(13)5-6-10(8)15-11(16)12(2,3)14-4/h5-7,14H,1-4H3,(H,15,16). The number of halogens is 1. The van der Waals surface area contributed by atoms with Crippen LogP contribution < -0.4 is 10.6 Å². The maximum atomic E-state index is 11.9. The van der Waals surface area contributed by atoms with Crippen molar-refractivity contribution >= 4 is 34.2 Å². The monoisotopic (exact) mass is 332 g/mol. The lowest BCUT2D eigenvalue weighted by molar-refractivity contribution is -0.121. The van der Waals surface area contributed by atoms with Gasteiger partial charge in [0.05, 0.1) is 5.54 Å². The summed E-state index contributed by atoms with van der Waals surface area (Å²) in [6, 6.07) is 5.96. The molecule has 0 radical (unpaired) electrons. The van der Waals surface area contributed by atoms with Gasteiger partial charge >= 0.3 is 0 Å². The maximum absolute atomic E-state index is 11.9. The molecule has 4 heteroatoms. The zero-order valence-corrected chi connectivity index (χ0v) is 12.2. The first-order valence-corrected chi connectivity index (χ1v) is 6.21. The van der Waals surface area contributed by atoms with E-state index < -0.39 is 5.54 Å². The second-order valence-electron chi connectivity index (χ2n) is 4.29. The van der Waals surface area contributed by atoms with Crippen LogP contribution in [0.15, 0.2) is 18.2 Å². The summed E-state index contributed by atoms with van der Waals surface area (Å²) in [5.74, 6) is -0.0284. The fraction of sp³-hybridized carbons (Fsp3) is 0.417. The van der Waals surface area contributed by atoms with E-state index >= 15 is 0 Å². The van der Waals surface area contributed by atoms with E-state index in [-0.39, 0.29) is 5.91 Å². The minimum atomic E-state index is -0.560. The minimum Gasteiger partial charge on any atom is -0.324 e. The zero-order chi connectivity index (χ0) is 12.3. The van der Waals surface area contributed by atoms with Crippen LogP contribution in [-0.2, 0) is 4.79 Å². The van der Waals surface area contributed by atoms with Crippen molar-refractivity contribution in [3.8, 4) is 0 Å². The summed E-state index contributed by atoms with van der Waals surface area (Å²) in [6.45, 7) is 5.69. The zero-order valence-electron chi connectivity index (χ0n) is 10.0. The predicted octanol–water partition coefficient (Wildman–Crippen LogP) is 2.54. The molecule has 0 spiro atoms. The lowest BCUT2D eigenvalue weighted by Crippen LogP contribution is -2.48. The van der Waals surface area contributed by atoms with Gasteiger partial charge in [-0.2, -0.15) is 0 Å². The summed E-state index contributed by atoms with van der Waals surface area (Å²) in [7, 11) is 1.78. The van der Waals surface area contributed by atoms with Gasteiger partial charge in [-0.15, -0.1) is 0 Å². The molecule has 16 heavy (non-hydrogen) atoms. The molecule has 0 saturated heterocycles. The molecule has 0 aliphatic heterocycles. The first kappa shape index (κ1) is 13.4. The van der Waals surface area contributed by atoms with Gasteiger partial charge in [-0.1, -0.05) is 0 Å². The van der Waals surface area contributed by atoms with Gasteiger partial charge in [0.1, 0.15) is 0 Å². The molecule has 3 nitrogen and oxygen atoms in total. The fourth-order valence-corrected chi connectivity index (χ4v) is 1.81. The maximum Gasteiger partial charge on any atom is 0.244 e. The number of benzene rings is 1. The molecule has 0 saturated carbocycles. The number of nitrogens with one attached hydrogen (secondary N) is 2. The lowest BCUT2D eigenvalue weighted by atomic mass is 10.0. The fourth-order valence-electron chi connectivity index (χ4n) is 1.16. The highest BCUT2D eigenvalue weighted by molar-refractivity contribution is 14.1. The molecule has 0 atom stereocenters. The van der Waals surface area contributed by atoms with Crippen LogP contribution in [0.3, 0.4) is 0 Å². The van der Waals surface area contributed by atoms with Gasteiger partial charge in [0, 0.05) is 9.26 Å². The van der Waals surface area contributed by atoms with Crippen LogP contribution in [0, 0.1) is 10.5 Å². The number of aryl methyl sites for hydroxylation is 1. The average molecular weight is 332 g/mol. The Morgan fingerprint density at radius 1 is 1.38 bits per heavy atom. The van der Waals surface area contributed by atoms with Crippen LogP contribution in [0.1, 0.15) is 19.4 Å². The van der Waals surface area contributed by atoms with E-state index in [9.17, 15) is 4.79 Å². The molecule has 1 aromatic rings. The van der Waals surface area contributed by atoms with Gasteiger partial charge in [-0.05, 0) is 74.2 Å². The molecule has 0 aliphatic rings. The van der Waals surface area contributed by atoms with Gasteiger partial charge in [0.25, 0.3) is 0 Å². The molecule has 2 N–H and O–H groups in total. The third kappa shape index (κ3) is 3.18. The van der Waals surface area contributed by atoms with Crippen molar-refractivity contribution in [3.63, 3.8) is 0 Å². The predicted molar refractivity (Wildman–Crippen MR) is 75.7 cm³/mol. The van der Waals surface area contributed by atoms with Crippen LogP contribution in [0.5, 0.6) is 0 Å². The van der Waals surface area contributed by atoms with Gasteiger partial charge in [-0.25, -0.2) is 0 Å². The van der Waals surface area contributed by atoms with E-state index in [4.69, 9.17) is 0 Å². The SMILES string of the molecule is CNC(C)(C)C(=O)Nc1ccc(I)cc1C.